The first-order valence-corrected chi connectivity index (χ1v) is 6.05. The second-order valence-electron chi connectivity index (χ2n) is 4.46. The highest BCUT2D eigenvalue weighted by Gasteiger charge is 2.18. The largest absolute Gasteiger partial charge is 0.496 e. The van der Waals surface area contributed by atoms with Gasteiger partial charge in [0.1, 0.15) is 11.8 Å². The van der Waals surface area contributed by atoms with Crippen molar-refractivity contribution < 1.29 is 14.3 Å². The molecule has 0 fully saturated rings. The van der Waals surface area contributed by atoms with Crippen LogP contribution in [0.3, 0.4) is 0 Å². The van der Waals surface area contributed by atoms with Crippen molar-refractivity contribution in [1.29, 1.82) is 0 Å². The maximum atomic E-state index is 11.4. The zero-order valence-corrected chi connectivity index (χ0v) is 11.3. The highest BCUT2D eigenvalue weighted by Crippen LogP contribution is 2.30. The normalized spacial score (nSPS) is 12.4. The number of esters is 1. The summed E-state index contributed by atoms with van der Waals surface area (Å²) in [6.07, 6.45) is 2.31. The van der Waals surface area contributed by atoms with E-state index in [0.717, 1.165) is 27.8 Å². The molecule has 19 heavy (non-hydrogen) atoms. The quantitative estimate of drug-likeness (QED) is 0.819. The minimum absolute atomic E-state index is 0.408. The second-order valence-corrected chi connectivity index (χ2v) is 4.46. The molecule has 1 atom stereocenters. The van der Waals surface area contributed by atoms with Crippen molar-refractivity contribution in [3.63, 3.8) is 0 Å². The molecule has 5 heteroatoms. The summed E-state index contributed by atoms with van der Waals surface area (Å²) in [4.78, 5) is 14.6. The lowest BCUT2D eigenvalue weighted by Gasteiger charge is -2.10. The number of aromatic amines is 1. The van der Waals surface area contributed by atoms with Crippen LogP contribution in [-0.4, -0.2) is 31.2 Å². The molecule has 0 radical (unpaired) electrons. The van der Waals surface area contributed by atoms with Gasteiger partial charge in [0, 0.05) is 29.1 Å². The zero-order valence-electron chi connectivity index (χ0n) is 11.3. The van der Waals surface area contributed by atoms with Gasteiger partial charge < -0.3 is 20.2 Å². The number of carbonyl (C=O) groups excluding carboxylic acids is 1. The fourth-order valence-corrected chi connectivity index (χ4v) is 2.32. The summed E-state index contributed by atoms with van der Waals surface area (Å²) in [5, 5.41) is 1.05. The molecular weight excluding hydrogens is 244 g/mol. The first-order valence-electron chi connectivity index (χ1n) is 6.05. The van der Waals surface area contributed by atoms with Crippen LogP contribution in [0.1, 0.15) is 11.1 Å². The highest BCUT2D eigenvalue weighted by molar-refractivity contribution is 5.89. The van der Waals surface area contributed by atoms with Gasteiger partial charge in [-0.25, -0.2) is 0 Å². The minimum Gasteiger partial charge on any atom is -0.496 e. The van der Waals surface area contributed by atoms with Crippen LogP contribution < -0.4 is 10.5 Å². The summed E-state index contributed by atoms with van der Waals surface area (Å²) in [6, 6.07) is 3.21. The van der Waals surface area contributed by atoms with Crippen LogP contribution in [0, 0.1) is 6.92 Å². The number of nitrogens with one attached hydrogen (secondary N) is 1. The summed E-state index contributed by atoms with van der Waals surface area (Å²) >= 11 is 0. The average molecular weight is 262 g/mol. The lowest BCUT2D eigenvalue weighted by atomic mass is 10.0. The molecule has 0 amide bonds. The van der Waals surface area contributed by atoms with Crippen LogP contribution in [0.5, 0.6) is 5.75 Å². The van der Waals surface area contributed by atoms with Crippen LogP contribution in [0.15, 0.2) is 18.3 Å². The van der Waals surface area contributed by atoms with E-state index >= 15 is 0 Å². The molecule has 2 aromatic rings. The highest BCUT2D eigenvalue weighted by atomic mass is 16.5. The van der Waals surface area contributed by atoms with Crippen molar-refractivity contribution >= 4 is 16.9 Å². The molecule has 0 aliphatic carbocycles. The number of benzene rings is 1. The van der Waals surface area contributed by atoms with Crippen molar-refractivity contribution in [1.82, 2.24) is 4.98 Å². The molecule has 102 valence electrons. The fourth-order valence-electron chi connectivity index (χ4n) is 2.32. The molecule has 0 saturated carbocycles. The first-order chi connectivity index (χ1) is 9.08. The van der Waals surface area contributed by atoms with E-state index in [1.807, 2.05) is 25.3 Å². The van der Waals surface area contributed by atoms with E-state index in [9.17, 15) is 4.79 Å². The Balaban J connectivity index is 2.41. The Morgan fingerprint density at radius 2 is 2.16 bits per heavy atom. The Kier molecular flexibility index (Phi) is 3.76. The van der Waals surface area contributed by atoms with Crippen molar-refractivity contribution in [3.05, 3.63) is 29.5 Å². The third kappa shape index (κ3) is 2.42. The smallest absolute Gasteiger partial charge is 0.322 e. The van der Waals surface area contributed by atoms with Gasteiger partial charge in [-0.3, -0.25) is 4.79 Å². The van der Waals surface area contributed by atoms with Crippen LogP contribution in [0.2, 0.25) is 0 Å². The Labute approximate surface area is 111 Å². The molecule has 0 spiro atoms. The van der Waals surface area contributed by atoms with Crippen LogP contribution in [-0.2, 0) is 16.0 Å². The van der Waals surface area contributed by atoms with Gasteiger partial charge in [-0.1, -0.05) is 0 Å². The molecule has 0 bridgehead atoms. The number of ether oxygens (including phenoxy) is 2. The molecule has 1 aromatic carbocycles. The monoisotopic (exact) mass is 262 g/mol. The number of fused-ring (bicyclic) bond motifs is 1. The van der Waals surface area contributed by atoms with Crippen LogP contribution in [0.4, 0.5) is 0 Å². The molecule has 0 aliphatic heterocycles. The van der Waals surface area contributed by atoms with E-state index in [2.05, 4.69) is 9.72 Å². The van der Waals surface area contributed by atoms with E-state index < -0.39 is 12.0 Å². The number of aromatic nitrogens is 1. The van der Waals surface area contributed by atoms with Crippen LogP contribution >= 0.6 is 0 Å². The summed E-state index contributed by atoms with van der Waals surface area (Å²) in [5.41, 5.74) is 8.84. The number of methoxy groups -OCH3 is 2. The van der Waals surface area contributed by atoms with Crippen molar-refractivity contribution in [2.45, 2.75) is 19.4 Å². The standard InChI is InChI=1S/C14H18N2O3/c1-8-12(18-2)5-4-11-13(8)9(7-16-11)6-10(15)14(17)19-3/h4-5,7,10,16H,6,15H2,1-3H3. The Hall–Kier alpha value is -2.01. The molecule has 0 aliphatic rings. The zero-order chi connectivity index (χ0) is 14.0. The lowest BCUT2D eigenvalue weighted by molar-refractivity contribution is -0.142. The van der Waals surface area contributed by atoms with Gasteiger partial charge in [-0.05, 0) is 24.6 Å². The van der Waals surface area contributed by atoms with Crippen molar-refractivity contribution in [2.75, 3.05) is 14.2 Å². The van der Waals surface area contributed by atoms with Gasteiger partial charge in [0.05, 0.1) is 14.2 Å². The predicted molar refractivity (Wildman–Crippen MR) is 73.3 cm³/mol. The van der Waals surface area contributed by atoms with Crippen molar-refractivity contribution in [3.8, 4) is 5.75 Å². The number of carbonyl (C=O) groups is 1. The maximum Gasteiger partial charge on any atom is 0.322 e. The summed E-state index contributed by atoms with van der Waals surface area (Å²) in [7, 11) is 2.98. The molecule has 1 aromatic heterocycles. The van der Waals surface area contributed by atoms with Gasteiger partial charge in [0.15, 0.2) is 0 Å². The summed E-state index contributed by atoms with van der Waals surface area (Å²) in [5.74, 6) is 0.412. The number of nitrogens with two attached hydrogens (primary N) is 1. The maximum absolute atomic E-state index is 11.4. The number of rotatable bonds is 4. The number of hydrogen-bond acceptors (Lipinski definition) is 4. The fraction of sp³-hybridized carbons (Fsp3) is 0.357. The van der Waals surface area contributed by atoms with Gasteiger partial charge in [-0.2, -0.15) is 0 Å². The van der Waals surface area contributed by atoms with Gasteiger partial charge >= 0.3 is 5.97 Å². The molecule has 1 unspecified atom stereocenters. The molecular formula is C14H18N2O3. The lowest BCUT2D eigenvalue weighted by Crippen LogP contribution is -2.33. The predicted octanol–water partition coefficient (Wildman–Crippen LogP) is 1.53. The third-order valence-electron chi connectivity index (χ3n) is 3.30. The molecule has 3 N–H and O–H groups in total. The van der Waals surface area contributed by atoms with E-state index in [1.165, 1.54) is 7.11 Å². The van der Waals surface area contributed by atoms with Crippen molar-refractivity contribution in [2.24, 2.45) is 5.73 Å². The first kappa shape index (κ1) is 13.4. The summed E-state index contributed by atoms with van der Waals surface area (Å²) in [6.45, 7) is 1.99. The Bertz CT molecular complexity index is 604. The topological polar surface area (TPSA) is 77.3 Å². The Morgan fingerprint density at radius 3 is 2.79 bits per heavy atom. The minimum atomic E-state index is -0.658. The molecule has 1 heterocycles. The molecule has 0 saturated heterocycles. The van der Waals surface area contributed by atoms with Crippen LogP contribution in [0.25, 0.3) is 10.9 Å². The molecule has 2 rings (SSSR count). The van der Waals surface area contributed by atoms with Gasteiger partial charge in [-0.15, -0.1) is 0 Å². The van der Waals surface area contributed by atoms with E-state index in [-0.39, 0.29) is 0 Å². The molecule has 5 nitrogen and oxygen atoms in total. The van der Waals surface area contributed by atoms with E-state index in [0.29, 0.717) is 6.42 Å². The third-order valence-corrected chi connectivity index (χ3v) is 3.30. The van der Waals surface area contributed by atoms with E-state index in [4.69, 9.17) is 10.5 Å². The van der Waals surface area contributed by atoms with Gasteiger partial charge in [0.2, 0.25) is 0 Å². The summed E-state index contributed by atoms with van der Waals surface area (Å²) < 4.78 is 9.96. The van der Waals surface area contributed by atoms with Gasteiger partial charge in [0.25, 0.3) is 0 Å². The SMILES string of the molecule is COC(=O)C(N)Cc1c[nH]c2ccc(OC)c(C)c12. The number of aryl methyl sites for hydroxylation is 1. The number of hydrogen-bond donors (Lipinski definition) is 2. The average Bonchev–Trinajstić information content (AvgIpc) is 2.82. The van der Waals surface area contributed by atoms with E-state index in [1.54, 1.807) is 7.11 Å². The Morgan fingerprint density at radius 1 is 1.42 bits per heavy atom. The second kappa shape index (κ2) is 5.32. The number of H-pyrrole nitrogens is 1.